The number of hydrogen-bond acceptors (Lipinski definition) is 3. The van der Waals surface area contributed by atoms with Crippen LogP contribution in [-0.4, -0.2) is 24.7 Å². The van der Waals surface area contributed by atoms with Crippen molar-refractivity contribution in [3.8, 4) is 11.5 Å². The Balaban J connectivity index is 1.85. The number of fused-ring (bicyclic) bond motifs is 1. The van der Waals surface area contributed by atoms with Crippen LogP contribution in [-0.2, 0) is 11.2 Å². The zero-order chi connectivity index (χ0) is 13.5. The van der Waals surface area contributed by atoms with Crippen LogP contribution in [0.1, 0.15) is 25.3 Å². The van der Waals surface area contributed by atoms with Crippen LogP contribution in [0.15, 0.2) is 16.6 Å². The van der Waals surface area contributed by atoms with Gasteiger partial charge in [0.25, 0.3) is 0 Å². The highest BCUT2D eigenvalue weighted by Crippen LogP contribution is 2.39. The summed E-state index contributed by atoms with van der Waals surface area (Å²) in [5.74, 6) is 1.69. The molecule has 3 rings (SSSR count). The summed E-state index contributed by atoms with van der Waals surface area (Å²) < 4.78 is 12.1. The average Bonchev–Trinajstić information content (AvgIpc) is 2.69. The molecular weight excluding hydrogens is 310 g/mol. The van der Waals surface area contributed by atoms with Crippen LogP contribution in [0, 0.1) is 0 Å². The fraction of sp³-hybridized carbons (Fsp3) is 0.500. The van der Waals surface area contributed by atoms with Crippen molar-refractivity contribution >= 4 is 21.8 Å². The molecular formula is C14H16BrNO3. The number of ether oxygens (including phenoxy) is 2. The van der Waals surface area contributed by atoms with Gasteiger partial charge in [-0.2, -0.15) is 0 Å². The minimum Gasteiger partial charge on any atom is -0.486 e. The van der Waals surface area contributed by atoms with Crippen LogP contribution >= 0.6 is 15.9 Å². The molecule has 0 aliphatic carbocycles. The molecule has 1 atom stereocenters. The van der Waals surface area contributed by atoms with E-state index in [-0.39, 0.29) is 11.4 Å². The van der Waals surface area contributed by atoms with Gasteiger partial charge in [-0.05, 0) is 53.4 Å². The first kappa shape index (κ1) is 12.8. The molecule has 0 spiro atoms. The number of amides is 1. The maximum atomic E-state index is 11.4. The Morgan fingerprint density at radius 1 is 1.37 bits per heavy atom. The Bertz CT molecular complexity index is 532. The van der Waals surface area contributed by atoms with Crippen LogP contribution in [0.5, 0.6) is 11.5 Å². The average molecular weight is 326 g/mol. The second-order valence-electron chi connectivity index (χ2n) is 5.39. The predicted octanol–water partition coefficient (Wildman–Crippen LogP) is 2.43. The lowest BCUT2D eigenvalue weighted by molar-refractivity contribution is -0.119. The van der Waals surface area contributed by atoms with Crippen molar-refractivity contribution in [3.05, 3.63) is 22.2 Å². The van der Waals surface area contributed by atoms with Crippen molar-refractivity contribution in [1.29, 1.82) is 0 Å². The van der Waals surface area contributed by atoms with Gasteiger partial charge in [0.2, 0.25) is 5.91 Å². The summed E-state index contributed by atoms with van der Waals surface area (Å²) in [5, 5.41) is 3.05. The topological polar surface area (TPSA) is 47.6 Å². The number of carbonyl (C=O) groups excluding carboxylic acids is 1. The summed E-state index contributed by atoms with van der Waals surface area (Å²) >= 11 is 3.52. The normalized spacial score (nSPS) is 25.3. The zero-order valence-corrected chi connectivity index (χ0v) is 12.4. The van der Waals surface area contributed by atoms with E-state index in [9.17, 15) is 4.79 Å². The molecule has 5 heteroatoms. The SMILES string of the molecule is CC1(Cc2cc(Br)c3c(c2)OCCO3)CCC(=O)N1. The van der Waals surface area contributed by atoms with Gasteiger partial charge in [0.05, 0.1) is 4.47 Å². The highest BCUT2D eigenvalue weighted by Gasteiger charge is 2.33. The minimum atomic E-state index is -0.152. The van der Waals surface area contributed by atoms with E-state index in [1.54, 1.807) is 0 Å². The first-order chi connectivity index (χ1) is 9.06. The molecule has 1 unspecified atom stereocenters. The summed E-state index contributed by atoms with van der Waals surface area (Å²) in [7, 11) is 0. The molecule has 102 valence electrons. The highest BCUT2D eigenvalue weighted by atomic mass is 79.9. The molecule has 1 N–H and O–H groups in total. The van der Waals surface area contributed by atoms with Gasteiger partial charge in [0.15, 0.2) is 11.5 Å². The van der Waals surface area contributed by atoms with Crippen LogP contribution in [0.4, 0.5) is 0 Å². The van der Waals surface area contributed by atoms with Crippen molar-refractivity contribution in [2.24, 2.45) is 0 Å². The number of carbonyl (C=O) groups is 1. The fourth-order valence-corrected chi connectivity index (χ4v) is 3.30. The zero-order valence-electron chi connectivity index (χ0n) is 10.8. The highest BCUT2D eigenvalue weighted by molar-refractivity contribution is 9.10. The van der Waals surface area contributed by atoms with E-state index in [4.69, 9.17) is 9.47 Å². The summed E-state index contributed by atoms with van der Waals surface area (Å²) in [5.41, 5.74) is 0.987. The largest absolute Gasteiger partial charge is 0.486 e. The Labute approximate surface area is 120 Å². The molecule has 2 aliphatic heterocycles. The standard InChI is InChI=1S/C14H16BrNO3/c1-14(3-2-12(17)16-14)8-9-6-10(15)13-11(7-9)18-4-5-19-13/h6-7H,2-5,8H2,1H3,(H,16,17). The first-order valence-electron chi connectivity index (χ1n) is 6.45. The molecule has 0 saturated carbocycles. The summed E-state index contributed by atoms with van der Waals surface area (Å²) in [4.78, 5) is 11.4. The van der Waals surface area contributed by atoms with E-state index < -0.39 is 0 Å². The maximum Gasteiger partial charge on any atom is 0.220 e. The molecule has 0 aromatic heterocycles. The molecule has 1 amide bonds. The molecule has 1 aromatic carbocycles. The predicted molar refractivity (Wildman–Crippen MR) is 74.6 cm³/mol. The third kappa shape index (κ3) is 2.56. The number of hydrogen-bond donors (Lipinski definition) is 1. The molecule has 1 fully saturated rings. The molecule has 2 heterocycles. The van der Waals surface area contributed by atoms with Crippen molar-refractivity contribution in [2.45, 2.75) is 31.7 Å². The van der Waals surface area contributed by atoms with Crippen LogP contribution in [0.25, 0.3) is 0 Å². The number of rotatable bonds is 2. The second kappa shape index (κ2) is 4.71. The second-order valence-corrected chi connectivity index (χ2v) is 6.24. The Morgan fingerprint density at radius 3 is 2.89 bits per heavy atom. The minimum absolute atomic E-state index is 0.138. The number of nitrogens with one attached hydrogen (secondary N) is 1. The van der Waals surface area contributed by atoms with Crippen molar-refractivity contribution in [3.63, 3.8) is 0 Å². The van der Waals surface area contributed by atoms with Gasteiger partial charge < -0.3 is 14.8 Å². The van der Waals surface area contributed by atoms with Crippen LogP contribution in [0.3, 0.4) is 0 Å². The lowest BCUT2D eigenvalue weighted by Crippen LogP contribution is -2.40. The first-order valence-corrected chi connectivity index (χ1v) is 7.24. The molecule has 4 nitrogen and oxygen atoms in total. The van der Waals surface area contributed by atoms with E-state index in [0.717, 1.165) is 34.4 Å². The summed E-state index contributed by atoms with van der Waals surface area (Å²) in [6.45, 7) is 3.25. The molecule has 1 saturated heterocycles. The number of halogens is 1. The van der Waals surface area contributed by atoms with Crippen molar-refractivity contribution in [2.75, 3.05) is 13.2 Å². The lowest BCUT2D eigenvalue weighted by Gasteiger charge is -2.26. The van der Waals surface area contributed by atoms with Gasteiger partial charge in [-0.1, -0.05) is 0 Å². The Morgan fingerprint density at radius 2 is 2.16 bits per heavy atom. The summed E-state index contributed by atoms with van der Waals surface area (Å²) in [6.07, 6.45) is 2.29. The third-order valence-corrected chi connectivity index (χ3v) is 4.18. The van der Waals surface area contributed by atoms with Gasteiger partial charge >= 0.3 is 0 Å². The van der Waals surface area contributed by atoms with Gasteiger partial charge in [0.1, 0.15) is 13.2 Å². The molecule has 0 radical (unpaired) electrons. The van der Waals surface area contributed by atoms with Gasteiger partial charge in [0, 0.05) is 12.0 Å². The van der Waals surface area contributed by atoms with Gasteiger partial charge in [-0.25, -0.2) is 0 Å². The van der Waals surface area contributed by atoms with Gasteiger partial charge in [-0.3, -0.25) is 4.79 Å². The monoisotopic (exact) mass is 325 g/mol. The van der Waals surface area contributed by atoms with E-state index in [1.807, 2.05) is 12.1 Å². The third-order valence-electron chi connectivity index (χ3n) is 3.60. The fourth-order valence-electron chi connectivity index (χ4n) is 2.70. The molecule has 1 aromatic rings. The van der Waals surface area contributed by atoms with Crippen LogP contribution < -0.4 is 14.8 Å². The van der Waals surface area contributed by atoms with Crippen molar-refractivity contribution < 1.29 is 14.3 Å². The molecule has 2 aliphatic rings. The molecule has 0 bridgehead atoms. The van der Waals surface area contributed by atoms with E-state index in [1.165, 1.54) is 0 Å². The summed E-state index contributed by atoms with van der Waals surface area (Å²) in [6, 6.07) is 4.05. The quantitative estimate of drug-likeness (QED) is 0.908. The lowest BCUT2D eigenvalue weighted by atomic mass is 9.91. The van der Waals surface area contributed by atoms with Crippen molar-refractivity contribution in [1.82, 2.24) is 5.32 Å². The van der Waals surface area contributed by atoms with E-state index >= 15 is 0 Å². The maximum absolute atomic E-state index is 11.4. The number of benzene rings is 1. The smallest absolute Gasteiger partial charge is 0.220 e. The Hall–Kier alpha value is -1.23. The molecule has 19 heavy (non-hydrogen) atoms. The van der Waals surface area contributed by atoms with Crippen LogP contribution in [0.2, 0.25) is 0 Å². The van der Waals surface area contributed by atoms with E-state index in [2.05, 4.69) is 28.2 Å². The van der Waals surface area contributed by atoms with Gasteiger partial charge in [-0.15, -0.1) is 0 Å². The van der Waals surface area contributed by atoms with E-state index in [0.29, 0.717) is 19.6 Å². The Kier molecular flexibility index (Phi) is 3.17.